The SMILES string of the molecule is O=C(O)[C@H](O)CO.O=C=O. The van der Waals surface area contributed by atoms with Crippen LogP contribution in [0.15, 0.2) is 0 Å². The van der Waals surface area contributed by atoms with Gasteiger partial charge in [-0.05, 0) is 0 Å². The smallest absolute Gasteiger partial charge is 0.373 e. The van der Waals surface area contributed by atoms with Crippen LogP contribution in [0.5, 0.6) is 0 Å². The number of carbonyl (C=O) groups is 1. The zero-order valence-corrected chi connectivity index (χ0v) is 4.85. The molecule has 0 heterocycles. The van der Waals surface area contributed by atoms with Crippen LogP contribution in [0.25, 0.3) is 0 Å². The molecule has 0 spiro atoms. The van der Waals surface area contributed by atoms with Gasteiger partial charge in [-0.3, -0.25) is 0 Å². The molecule has 1 atom stereocenters. The fourth-order valence-electron chi connectivity index (χ4n) is 0.0781. The van der Waals surface area contributed by atoms with Gasteiger partial charge in [-0.2, -0.15) is 9.59 Å². The Morgan fingerprint density at radius 1 is 1.50 bits per heavy atom. The lowest BCUT2D eigenvalue weighted by molar-refractivity contribution is -0.191. The first kappa shape index (κ1) is 11.6. The van der Waals surface area contributed by atoms with Gasteiger partial charge < -0.3 is 15.3 Å². The summed E-state index contributed by atoms with van der Waals surface area (Å²) in [5, 5.41) is 23.7. The highest BCUT2D eigenvalue weighted by atomic mass is 16.4. The molecule has 0 rings (SSSR count). The van der Waals surface area contributed by atoms with Crippen molar-refractivity contribution in [3.8, 4) is 0 Å². The van der Waals surface area contributed by atoms with E-state index in [2.05, 4.69) is 0 Å². The number of rotatable bonds is 2. The van der Waals surface area contributed by atoms with E-state index in [4.69, 9.17) is 24.9 Å². The minimum absolute atomic E-state index is 0.250. The minimum atomic E-state index is -1.63. The number of aliphatic hydroxyl groups is 2. The fourth-order valence-corrected chi connectivity index (χ4v) is 0.0781. The summed E-state index contributed by atoms with van der Waals surface area (Å²) >= 11 is 0. The summed E-state index contributed by atoms with van der Waals surface area (Å²) in [4.78, 5) is 25.8. The van der Waals surface area contributed by atoms with Gasteiger partial charge in [0.15, 0.2) is 6.10 Å². The van der Waals surface area contributed by atoms with Crippen LogP contribution < -0.4 is 0 Å². The molecule has 10 heavy (non-hydrogen) atoms. The number of aliphatic hydroxyl groups excluding tert-OH is 2. The summed E-state index contributed by atoms with van der Waals surface area (Å²) in [5.41, 5.74) is 0. The van der Waals surface area contributed by atoms with E-state index in [-0.39, 0.29) is 6.15 Å². The summed E-state index contributed by atoms with van der Waals surface area (Å²) in [6, 6.07) is 0. The molecule has 0 aliphatic carbocycles. The van der Waals surface area contributed by atoms with E-state index in [1.807, 2.05) is 0 Å². The molecule has 0 unspecified atom stereocenters. The number of carboxylic acid groups (broad SMARTS) is 1. The van der Waals surface area contributed by atoms with Crippen LogP contribution >= 0.6 is 0 Å². The second kappa shape index (κ2) is 7.77. The highest BCUT2D eigenvalue weighted by molar-refractivity contribution is 5.71. The van der Waals surface area contributed by atoms with E-state index in [0.717, 1.165) is 0 Å². The van der Waals surface area contributed by atoms with Gasteiger partial charge in [0, 0.05) is 0 Å². The minimum Gasteiger partial charge on any atom is -0.479 e. The molecule has 0 aromatic rings. The molecule has 0 aliphatic rings. The lowest BCUT2D eigenvalue weighted by atomic mass is 10.4. The topological polar surface area (TPSA) is 112 Å². The van der Waals surface area contributed by atoms with Crippen molar-refractivity contribution < 1.29 is 29.7 Å². The number of hydrogen-bond acceptors (Lipinski definition) is 5. The van der Waals surface area contributed by atoms with Crippen LogP contribution in [0, 0.1) is 0 Å². The summed E-state index contributed by atoms with van der Waals surface area (Å²) < 4.78 is 0. The van der Waals surface area contributed by atoms with Gasteiger partial charge in [-0.15, -0.1) is 0 Å². The Balaban J connectivity index is 0. The third kappa shape index (κ3) is 9.91. The number of aliphatic carboxylic acids is 1. The van der Waals surface area contributed by atoms with Gasteiger partial charge in [0.1, 0.15) is 0 Å². The number of carbonyl (C=O) groups excluding carboxylic acids is 2. The molecule has 0 fully saturated rings. The molecular formula is C4H6O6. The van der Waals surface area contributed by atoms with Crippen molar-refractivity contribution in [1.82, 2.24) is 0 Å². The Hall–Kier alpha value is -1.23. The number of hydrogen-bond donors (Lipinski definition) is 3. The van der Waals surface area contributed by atoms with E-state index < -0.39 is 18.7 Å². The van der Waals surface area contributed by atoms with Crippen molar-refractivity contribution in [1.29, 1.82) is 0 Å². The maximum absolute atomic E-state index is 9.52. The summed E-state index contributed by atoms with van der Waals surface area (Å²) in [6.45, 7) is -0.727. The Morgan fingerprint density at radius 2 is 1.80 bits per heavy atom. The van der Waals surface area contributed by atoms with Gasteiger partial charge >= 0.3 is 12.1 Å². The molecule has 3 N–H and O–H groups in total. The highest BCUT2D eigenvalue weighted by Gasteiger charge is 2.08. The van der Waals surface area contributed by atoms with Crippen molar-refractivity contribution >= 4 is 12.1 Å². The Morgan fingerprint density at radius 3 is 1.80 bits per heavy atom. The predicted octanol–water partition coefficient (Wildman–Crippen LogP) is -2.16. The summed E-state index contributed by atoms with van der Waals surface area (Å²) in [5.74, 6) is -1.40. The van der Waals surface area contributed by atoms with Gasteiger partial charge in [-0.1, -0.05) is 0 Å². The Labute approximate surface area is 55.7 Å². The summed E-state index contributed by atoms with van der Waals surface area (Å²) in [6.07, 6.45) is -1.38. The van der Waals surface area contributed by atoms with Gasteiger partial charge in [-0.25, -0.2) is 4.79 Å². The van der Waals surface area contributed by atoms with E-state index in [0.29, 0.717) is 0 Å². The van der Waals surface area contributed by atoms with Crippen LogP contribution in [0.1, 0.15) is 0 Å². The van der Waals surface area contributed by atoms with Crippen LogP contribution in [0.3, 0.4) is 0 Å². The summed E-state index contributed by atoms with van der Waals surface area (Å²) in [7, 11) is 0. The predicted molar refractivity (Wildman–Crippen MR) is 25.7 cm³/mol. The molecule has 0 saturated carbocycles. The molecule has 6 heteroatoms. The van der Waals surface area contributed by atoms with Crippen molar-refractivity contribution in [3.63, 3.8) is 0 Å². The Bertz CT molecular complexity index is 124. The molecule has 0 bridgehead atoms. The third-order valence-electron chi connectivity index (χ3n) is 0.458. The molecular weight excluding hydrogens is 144 g/mol. The standard InChI is InChI=1S/C3H6O4.CO2/c4-1-2(5)3(6)7;2-1-3/h2,4-5H,1H2,(H,6,7);/t2-;/m1./s1. The average Bonchev–Trinajstić information content (AvgIpc) is 1.88. The van der Waals surface area contributed by atoms with E-state index in [1.165, 1.54) is 0 Å². The molecule has 0 aliphatic heterocycles. The molecule has 0 radical (unpaired) electrons. The molecule has 6 nitrogen and oxygen atoms in total. The second-order valence-corrected chi connectivity index (χ2v) is 1.12. The van der Waals surface area contributed by atoms with Crippen LogP contribution in [0.2, 0.25) is 0 Å². The van der Waals surface area contributed by atoms with E-state index in [9.17, 15) is 4.79 Å². The fraction of sp³-hybridized carbons (Fsp3) is 0.500. The van der Waals surface area contributed by atoms with Crippen molar-refractivity contribution in [2.75, 3.05) is 6.61 Å². The van der Waals surface area contributed by atoms with Crippen molar-refractivity contribution in [2.45, 2.75) is 6.10 Å². The largest absolute Gasteiger partial charge is 0.479 e. The van der Waals surface area contributed by atoms with Crippen LogP contribution in [0.4, 0.5) is 0 Å². The first-order valence-corrected chi connectivity index (χ1v) is 2.11. The van der Waals surface area contributed by atoms with Crippen LogP contribution in [-0.4, -0.2) is 40.2 Å². The molecule has 0 amide bonds. The quantitative estimate of drug-likeness (QED) is 0.413. The number of carboxylic acids is 1. The van der Waals surface area contributed by atoms with Crippen molar-refractivity contribution in [3.05, 3.63) is 0 Å². The molecule has 58 valence electrons. The van der Waals surface area contributed by atoms with Gasteiger partial charge in [0.2, 0.25) is 0 Å². The molecule has 0 aromatic carbocycles. The van der Waals surface area contributed by atoms with Gasteiger partial charge in [0.05, 0.1) is 6.61 Å². The van der Waals surface area contributed by atoms with E-state index in [1.54, 1.807) is 0 Å². The van der Waals surface area contributed by atoms with Gasteiger partial charge in [0.25, 0.3) is 0 Å². The van der Waals surface area contributed by atoms with Crippen molar-refractivity contribution in [2.24, 2.45) is 0 Å². The maximum atomic E-state index is 9.52. The Kier molecular flexibility index (Phi) is 8.98. The lowest BCUT2D eigenvalue weighted by Crippen LogP contribution is -2.22. The maximum Gasteiger partial charge on any atom is 0.373 e. The first-order chi connectivity index (χ1) is 4.59. The molecule has 0 saturated heterocycles. The molecule has 0 aromatic heterocycles. The normalized spacial score (nSPS) is 10.2. The average molecular weight is 150 g/mol. The zero-order chi connectivity index (χ0) is 8.57. The van der Waals surface area contributed by atoms with E-state index >= 15 is 0 Å². The third-order valence-corrected chi connectivity index (χ3v) is 0.458. The second-order valence-electron chi connectivity index (χ2n) is 1.12. The highest BCUT2D eigenvalue weighted by Crippen LogP contribution is 1.75. The first-order valence-electron chi connectivity index (χ1n) is 2.11. The zero-order valence-electron chi connectivity index (χ0n) is 4.85. The van der Waals surface area contributed by atoms with Crippen LogP contribution in [-0.2, 0) is 14.4 Å². The lowest BCUT2D eigenvalue weighted by Gasteiger charge is -1.95. The monoisotopic (exact) mass is 150 g/mol.